The van der Waals surface area contributed by atoms with Crippen LogP contribution in [0.5, 0.6) is 0 Å². The van der Waals surface area contributed by atoms with Crippen LogP contribution in [0.4, 0.5) is 0 Å². The summed E-state index contributed by atoms with van der Waals surface area (Å²) in [5, 5.41) is 9.19. The smallest absolute Gasteiger partial charge is 0.373 e. The molecule has 112 valence electrons. The first-order valence-corrected chi connectivity index (χ1v) is 6.66. The molecule has 2 aromatic rings. The number of oxazole rings is 1. The van der Waals surface area contributed by atoms with Crippen molar-refractivity contribution in [3.63, 3.8) is 0 Å². The number of carbonyl (C=O) groups is 1. The van der Waals surface area contributed by atoms with Crippen LogP contribution in [0.1, 0.15) is 42.6 Å². The third-order valence-electron chi connectivity index (χ3n) is 3.14. The Labute approximate surface area is 123 Å². The highest BCUT2D eigenvalue weighted by Gasteiger charge is 2.24. The Morgan fingerprint density at radius 3 is 2.57 bits per heavy atom. The van der Waals surface area contributed by atoms with E-state index in [0.29, 0.717) is 11.6 Å². The number of benzene rings is 1. The van der Waals surface area contributed by atoms with E-state index >= 15 is 0 Å². The van der Waals surface area contributed by atoms with Crippen LogP contribution >= 0.6 is 0 Å². The van der Waals surface area contributed by atoms with Crippen molar-refractivity contribution in [3.8, 4) is 11.5 Å². The average Bonchev–Trinajstić information content (AvgIpc) is 2.82. The number of hydrogen-bond donors (Lipinski definition) is 1. The van der Waals surface area contributed by atoms with Crippen LogP contribution < -0.4 is 0 Å². The van der Waals surface area contributed by atoms with Gasteiger partial charge in [-0.1, -0.05) is 39.0 Å². The largest absolute Gasteiger partial charge is 0.475 e. The normalized spacial score (nSPS) is 11.6. The summed E-state index contributed by atoms with van der Waals surface area (Å²) in [7, 11) is 1.49. The molecule has 0 atom stereocenters. The number of carboxylic acid groups (broad SMARTS) is 1. The number of ether oxygens (including phenoxy) is 1. The fourth-order valence-electron chi connectivity index (χ4n) is 2.19. The molecule has 1 heterocycles. The van der Waals surface area contributed by atoms with Crippen LogP contribution in [0, 0.1) is 0 Å². The lowest BCUT2D eigenvalue weighted by molar-refractivity contribution is 0.0656. The molecule has 2 rings (SSSR count). The minimum absolute atomic E-state index is 0.100. The molecule has 0 saturated heterocycles. The lowest BCUT2D eigenvalue weighted by Gasteiger charge is -2.21. The summed E-state index contributed by atoms with van der Waals surface area (Å²) in [4.78, 5) is 15.5. The average molecular weight is 289 g/mol. The maximum atomic E-state index is 11.2. The zero-order valence-electron chi connectivity index (χ0n) is 12.6. The summed E-state index contributed by atoms with van der Waals surface area (Å²) in [6, 6.07) is 7.71. The van der Waals surface area contributed by atoms with E-state index in [4.69, 9.17) is 9.15 Å². The van der Waals surface area contributed by atoms with Gasteiger partial charge in [0.15, 0.2) is 0 Å². The summed E-state index contributed by atoms with van der Waals surface area (Å²) in [6.45, 7) is 6.36. The van der Waals surface area contributed by atoms with Crippen LogP contribution in [0.15, 0.2) is 28.7 Å². The van der Waals surface area contributed by atoms with Gasteiger partial charge in [-0.05, 0) is 17.0 Å². The van der Waals surface area contributed by atoms with Gasteiger partial charge in [0.2, 0.25) is 11.7 Å². The van der Waals surface area contributed by atoms with E-state index in [0.717, 1.165) is 11.1 Å². The van der Waals surface area contributed by atoms with E-state index in [1.54, 1.807) is 0 Å². The first-order chi connectivity index (χ1) is 9.84. The van der Waals surface area contributed by atoms with Crippen molar-refractivity contribution < 1.29 is 19.1 Å². The predicted molar refractivity (Wildman–Crippen MR) is 78.3 cm³/mol. The van der Waals surface area contributed by atoms with E-state index < -0.39 is 5.97 Å². The maximum absolute atomic E-state index is 11.2. The Balaban J connectivity index is 2.58. The predicted octanol–water partition coefficient (Wildman–Crippen LogP) is 3.48. The lowest BCUT2D eigenvalue weighted by Crippen LogP contribution is -2.12. The standard InChI is InChI=1S/C16H19NO4/c1-16(2,3)11-8-6-5-7-10(11)14-17-12(9-20-4)13(21-14)15(18)19/h5-8H,9H2,1-4H3,(H,18,19). The van der Waals surface area contributed by atoms with Crippen molar-refractivity contribution in [1.29, 1.82) is 0 Å². The number of aromatic carboxylic acids is 1. The summed E-state index contributed by atoms with van der Waals surface area (Å²) < 4.78 is 10.4. The molecule has 1 aromatic carbocycles. The first kappa shape index (κ1) is 15.3. The molecule has 5 heteroatoms. The van der Waals surface area contributed by atoms with Crippen molar-refractivity contribution in [2.45, 2.75) is 32.8 Å². The third-order valence-corrected chi connectivity index (χ3v) is 3.14. The van der Waals surface area contributed by atoms with E-state index in [1.165, 1.54) is 7.11 Å². The number of nitrogens with zero attached hydrogens (tertiary/aromatic N) is 1. The second-order valence-electron chi connectivity index (χ2n) is 5.83. The van der Waals surface area contributed by atoms with Gasteiger partial charge in [-0.3, -0.25) is 0 Å². The minimum atomic E-state index is -1.14. The third kappa shape index (κ3) is 3.13. The van der Waals surface area contributed by atoms with Crippen LogP contribution in [0.2, 0.25) is 0 Å². The highest BCUT2D eigenvalue weighted by molar-refractivity contribution is 5.86. The van der Waals surface area contributed by atoms with Gasteiger partial charge in [0.25, 0.3) is 0 Å². The minimum Gasteiger partial charge on any atom is -0.475 e. The molecule has 0 spiro atoms. The molecule has 0 saturated carbocycles. The van der Waals surface area contributed by atoms with Crippen molar-refractivity contribution in [1.82, 2.24) is 4.98 Å². The molecule has 0 bridgehead atoms. The van der Waals surface area contributed by atoms with Crippen LogP contribution in [-0.2, 0) is 16.8 Å². The van der Waals surface area contributed by atoms with Gasteiger partial charge in [0.1, 0.15) is 5.69 Å². The van der Waals surface area contributed by atoms with Gasteiger partial charge < -0.3 is 14.3 Å². The fourth-order valence-corrected chi connectivity index (χ4v) is 2.19. The quantitative estimate of drug-likeness (QED) is 0.932. The van der Waals surface area contributed by atoms with Gasteiger partial charge in [0, 0.05) is 12.7 Å². The number of aromatic nitrogens is 1. The molecule has 5 nitrogen and oxygen atoms in total. The summed E-state index contributed by atoms with van der Waals surface area (Å²) in [6.07, 6.45) is 0. The van der Waals surface area contributed by atoms with Crippen molar-refractivity contribution in [2.24, 2.45) is 0 Å². The van der Waals surface area contributed by atoms with Crippen molar-refractivity contribution in [3.05, 3.63) is 41.3 Å². The number of hydrogen-bond acceptors (Lipinski definition) is 4. The van der Waals surface area contributed by atoms with E-state index in [1.807, 2.05) is 24.3 Å². The Hall–Kier alpha value is -2.14. The molecule has 0 aliphatic rings. The second kappa shape index (κ2) is 5.69. The van der Waals surface area contributed by atoms with E-state index in [2.05, 4.69) is 25.8 Å². The fraction of sp³-hybridized carbons (Fsp3) is 0.375. The van der Waals surface area contributed by atoms with E-state index in [-0.39, 0.29) is 17.8 Å². The van der Waals surface area contributed by atoms with Crippen LogP contribution in [0.3, 0.4) is 0 Å². The Bertz CT molecular complexity index is 653. The van der Waals surface area contributed by atoms with Crippen molar-refractivity contribution >= 4 is 5.97 Å². The monoisotopic (exact) mass is 289 g/mol. The molecule has 0 radical (unpaired) electrons. The first-order valence-electron chi connectivity index (χ1n) is 6.66. The molecule has 0 aliphatic carbocycles. The number of rotatable bonds is 4. The van der Waals surface area contributed by atoms with Crippen LogP contribution in [-0.4, -0.2) is 23.2 Å². The van der Waals surface area contributed by atoms with Gasteiger partial charge in [-0.2, -0.15) is 0 Å². The zero-order chi connectivity index (χ0) is 15.6. The highest BCUT2D eigenvalue weighted by atomic mass is 16.5. The summed E-state index contributed by atoms with van der Waals surface area (Å²) >= 11 is 0. The Morgan fingerprint density at radius 2 is 2.00 bits per heavy atom. The van der Waals surface area contributed by atoms with Gasteiger partial charge in [-0.15, -0.1) is 0 Å². The summed E-state index contributed by atoms with van der Waals surface area (Å²) in [5.41, 5.74) is 2.04. The van der Waals surface area contributed by atoms with Crippen LogP contribution in [0.25, 0.3) is 11.5 Å². The molecule has 1 N–H and O–H groups in total. The number of methoxy groups -OCH3 is 1. The molecule has 0 fully saturated rings. The van der Waals surface area contributed by atoms with Gasteiger partial charge in [-0.25, -0.2) is 9.78 Å². The second-order valence-corrected chi connectivity index (χ2v) is 5.83. The SMILES string of the molecule is COCc1nc(-c2ccccc2C(C)(C)C)oc1C(=O)O. The Morgan fingerprint density at radius 1 is 1.33 bits per heavy atom. The zero-order valence-corrected chi connectivity index (χ0v) is 12.6. The topological polar surface area (TPSA) is 72.6 Å². The molecule has 0 unspecified atom stereocenters. The molecule has 21 heavy (non-hydrogen) atoms. The van der Waals surface area contributed by atoms with E-state index in [9.17, 15) is 9.90 Å². The molecule has 0 aliphatic heterocycles. The Kier molecular flexibility index (Phi) is 4.14. The molecule has 1 aromatic heterocycles. The molecular weight excluding hydrogens is 270 g/mol. The molecule has 0 amide bonds. The number of carboxylic acids is 1. The highest BCUT2D eigenvalue weighted by Crippen LogP contribution is 2.33. The summed E-state index contributed by atoms with van der Waals surface area (Å²) in [5.74, 6) is -1.01. The van der Waals surface area contributed by atoms with Gasteiger partial charge >= 0.3 is 5.97 Å². The maximum Gasteiger partial charge on any atom is 0.373 e. The van der Waals surface area contributed by atoms with Gasteiger partial charge in [0.05, 0.1) is 6.61 Å². The lowest BCUT2D eigenvalue weighted by atomic mass is 9.84. The molecular formula is C16H19NO4. The van der Waals surface area contributed by atoms with Crippen molar-refractivity contribution in [2.75, 3.05) is 7.11 Å².